The zero-order valence-corrected chi connectivity index (χ0v) is 15.7. The molecule has 3 N–H and O–H groups in total. The van der Waals surface area contributed by atoms with Crippen molar-refractivity contribution in [3.63, 3.8) is 0 Å². The SMILES string of the molecule is Cl.Cl.NC1CCN(C[C@@H]2CCn3c4c(ccc3=O)NCC(=O)N42)CC1. The van der Waals surface area contributed by atoms with E-state index in [0.29, 0.717) is 19.1 Å². The van der Waals surface area contributed by atoms with Crippen molar-refractivity contribution in [1.29, 1.82) is 0 Å². The van der Waals surface area contributed by atoms with Crippen LogP contribution in [0.25, 0.3) is 0 Å². The maximum Gasteiger partial charge on any atom is 0.252 e. The van der Waals surface area contributed by atoms with E-state index in [-0.39, 0.29) is 42.3 Å². The van der Waals surface area contributed by atoms with Gasteiger partial charge in [0.1, 0.15) is 5.82 Å². The zero-order valence-electron chi connectivity index (χ0n) is 14.0. The minimum atomic E-state index is -0.0346. The maximum atomic E-state index is 12.5. The summed E-state index contributed by atoms with van der Waals surface area (Å²) in [4.78, 5) is 28.9. The van der Waals surface area contributed by atoms with Crippen molar-refractivity contribution in [3.05, 3.63) is 22.5 Å². The molecule has 1 aromatic heterocycles. The second kappa shape index (κ2) is 7.95. The first kappa shape index (κ1) is 20.0. The summed E-state index contributed by atoms with van der Waals surface area (Å²) in [6.45, 7) is 3.82. The van der Waals surface area contributed by atoms with Gasteiger partial charge in [0, 0.05) is 25.2 Å². The first-order valence-corrected chi connectivity index (χ1v) is 8.41. The Morgan fingerprint density at radius 1 is 1.08 bits per heavy atom. The number of pyridine rings is 1. The Hall–Kier alpha value is -1.28. The summed E-state index contributed by atoms with van der Waals surface area (Å²) >= 11 is 0. The first-order chi connectivity index (χ1) is 11.1. The van der Waals surface area contributed by atoms with Crippen LogP contribution in [0.5, 0.6) is 0 Å². The fourth-order valence-electron chi connectivity index (χ4n) is 3.95. The number of nitrogens with zero attached hydrogens (tertiary/aromatic N) is 3. The summed E-state index contributed by atoms with van der Waals surface area (Å²) in [6.07, 6.45) is 2.86. The van der Waals surface area contributed by atoms with Gasteiger partial charge in [-0.1, -0.05) is 0 Å². The molecule has 0 unspecified atom stereocenters. The van der Waals surface area contributed by atoms with Crippen LogP contribution in [0.2, 0.25) is 0 Å². The molecule has 9 heteroatoms. The maximum absolute atomic E-state index is 12.5. The molecule has 25 heavy (non-hydrogen) atoms. The quantitative estimate of drug-likeness (QED) is 0.775. The average molecular weight is 390 g/mol. The molecule has 140 valence electrons. The average Bonchev–Trinajstić information content (AvgIpc) is 2.56. The topological polar surface area (TPSA) is 83.6 Å². The van der Waals surface area contributed by atoms with Crippen molar-refractivity contribution < 1.29 is 4.79 Å². The molecule has 0 radical (unpaired) electrons. The molecule has 0 bridgehead atoms. The minimum absolute atomic E-state index is 0. The van der Waals surface area contributed by atoms with Gasteiger partial charge in [0.25, 0.3) is 5.56 Å². The van der Waals surface area contributed by atoms with Gasteiger partial charge in [-0.05, 0) is 38.4 Å². The molecule has 1 aromatic rings. The molecule has 3 aliphatic heterocycles. The van der Waals surface area contributed by atoms with Crippen LogP contribution < -0.4 is 21.5 Å². The van der Waals surface area contributed by atoms with Gasteiger partial charge in [0.05, 0.1) is 18.3 Å². The lowest BCUT2D eigenvalue weighted by Crippen LogP contribution is -2.56. The van der Waals surface area contributed by atoms with Crippen molar-refractivity contribution in [1.82, 2.24) is 9.47 Å². The standard InChI is InChI=1S/C16H23N5O2.2ClH/c17-11-3-6-19(7-4-11)10-12-5-8-20-14(22)2-1-13-16(20)21(12)15(23)9-18-13;;/h1-2,11-12,18H,3-10,17H2;2*1H/t12-;;/m0../s1. The van der Waals surface area contributed by atoms with E-state index in [9.17, 15) is 9.59 Å². The van der Waals surface area contributed by atoms with Gasteiger partial charge >= 0.3 is 0 Å². The van der Waals surface area contributed by atoms with E-state index in [1.165, 1.54) is 0 Å². The number of carbonyl (C=O) groups is 1. The molecule has 1 amide bonds. The number of nitrogens with two attached hydrogens (primary N) is 1. The Morgan fingerprint density at radius 2 is 1.80 bits per heavy atom. The summed E-state index contributed by atoms with van der Waals surface area (Å²) < 4.78 is 1.72. The fraction of sp³-hybridized carbons (Fsp3) is 0.625. The van der Waals surface area contributed by atoms with Crippen LogP contribution in [0.3, 0.4) is 0 Å². The second-order valence-corrected chi connectivity index (χ2v) is 6.76. The second-order valence-electron chi connectivity index (χ2n) is 6.76. The van der Waals surface area contributed by atoms with Crippen LogP contribution in [-0.2, 0) is 11.3 Å². The fourth-order valence-corrected chi connectivity index (χ4v) is 3.95. The number of aromatic nitrogens is 1. The van der Waals surface area contributed by atoms with Crippen molar-refractivity contribution in [2.45, 2.75) is 37.9 Å². The lowest BCUT2D eigenvalue weighted by molar-refractivity contribution is -0.118. The van der Waals surface area contributed by atoms with Crippen molar-refractivity contribution >= 4 is 42.2 Å². The molecular formula is C16H25Cl2N5O2. The summed E-state index contributed by atoms with van der Waals surface area (Å²) in [6, 6.07) is 3.81. The molecule has 4 heterocycles. The van der Waals surface area contributed by atoms with Gasteiger partial charge in [-0.25, -0.2) is 0 Å². The molecule has 4 rings (SSSR count). The molecular weight excluding hydrogens is 365 g/mol. The van der Waals surface area contributed by atoms with Crippen LogP contribution in [0.15, 0.2) is 16.9 Å². The van der Waals surface area contributed by atoms with Crippen molar-refractivity contribution in [3.8, 4) is 0 Å². The molecule has 0 aromatic carbocycles. The molecule has 0 aliphatic carbocycles. The van der Waals surface area contributed by atoms with Gasteiger partial charge in [0.15, 0.2) is 0 Å². The highest BCUT2D eigenvalue weighted by Gasteiger charge is 2.37. The summed E-state index contributed by atoms with van der Waals surface area (Å²) in [7, 11) is 0. The number of rotatable bonds is 2. The third-order valence-corrected chi connectivity index (χ3v) is 5.23. The molecule has 3 aliphatic rings. The number of amides is 1. The number of halogens is 2. The smallest absolute Gasteiger partial charge is 0.252 e. The van der Waals surface area contributed by atoms with Gasteiger partial charge in [-0.2, -0.15) is 0 Å². The predicted octanol–water partition coefficient (Wildman–Crippen LogP) is 0.646. The highest BCUT2D eigenvalue weighted by molar-refractivity contribution is 6.02. The monoisotopic (exact) mass is 389 g/mol. The number of hydrogen-bond acceptors (Lipinski definition) is 5. The van der Waals surface area contributed by atoms with Crippen LogP contribution in [-0.4, -0.2) is 53.6 Å². The Kier molecular flexibility index (Phi) is 6.37. The molecule has 0 spiro atoms. The van der Waals surface area contributed by atoms with E-state index in [1.807, 2.05) is 4.90 Å². The van der Waals surface area contributed by atoms with Crippen LogP contribution in [0, 0.1) is 0 Å². The predicted molar refractivity (Wildman–Crippen MR) is 103 cm³/mol. The van der Waals surface area contributed by atoms with E-state index >= 15 is 0 Å². The van der Waals surface area contributed by atoms with Crippen LogP contribution in [0.1, 0.15) is 19.3 Å². The summed E-state index contributed by atoms with van der Waals surface area (Å²) in [5.41, 5.74) is 6.83. The van der Waals surface area contributed by atoms with Crippen LogP contribution >= 0.6 is 24.8 Å². The van der Waals surface area contributed by atoms with E-state index in [0.717, 1.165) is 50.4 Å². The first-order valence-electron chi connectivity index (χ1n) is 8.41. The van der Waals surface area contributed by atoms with Gasteiger partial charge < -0.3 is 16.0 Å². The number of anilines is 2. The van der Waals surface area contributed by atoms with Gasteiger partial charge in [0.2, 0.25) is 5.91 Å². The number of hydrogen-bond donors (Lipinski definition) is 2. The largest absolute Gasteiger partial charge is 0.373 e. The molecule has 1 atom stereocenters. The third-order valence-electron chi connectivity index (χ3n) is 5.23. The van der Waals surface area contributed by atoms with E-state index in [4.69, 9.17) is 5.73 Å². The number of carbonyl (C=O) groups excluding carboxylic acids is 1. The Balaban J connectivity index is 0.00000113. The van der Waals surface area contributed by atoms with E-state index in [1.54, 1.807) is 16.7 Å². The Morgan fingerprint density at radius 3 is 2.52 bits per heavy atom. The van der Waals surface area contributed by atoms with Crippen LogP contribution in [0.4, 0.5) is 11.5 Å². The molecule has 1 saturated heterocycles. The van der Waals surface area contributed by atoms with E-state index < -0.39 is 0 Å². The zero-order chi connectivity index (χ0) is 16.0. The minimum Gasteiger partial charge on any atom is -0.373 e. The number of nitrogens with one attached hydrogen (secondary N) is 1. The highest BCUT2D eigenvalue weighted by Crippen LogP contribution is 2.34. The Labute approximate surface area is 159 Å². The lowest BCUT2D eigenvalue weighted by atomic mass is 10.0. The lowest BCUT2D eigenvalue weighted by Gasteiger charge is -2.44. The highest BCUT2D eigenvalue weighted by atomic mass is 35.5. The molecule has 7 nitrogen and oxygen atoms in total. The summed E-state index contributed by atoms with van der Waals surface area (Å²) in [5.74, 6) is 0.800. The number of likely N-dealkylation sites (tertiary alicyclic amines) is 1. The Bertz CT molecular complexity index is 688. The normalized spacial score (nSPS) is 23.2. The van der Waals surface area contributed by atoms with Crippen molar-refractivity contribution in [2.75, 3.05) is 36.4 Å². The summed E-state index contributed by atoms with van der Waals surface area (Å²) in [5, 5.41) is 3.13. The number of piperidine rings is 1. The van der Waals surface area contributed by atoms with Crippen molar-refractivity contribution in [2.24, 2.45) is 5.73 Å². The van der Waals surface area contributed by atoms with Gasteiger partial charge in [-0.3, -0.25) is 19.1 Å². The van der Waals surface area contributed by atoms with E-state index in [2.05, 4.69) is 10.2 Å². The molecule has 0 saturated carbocycles. The third kappa shape index (κ3) is 3.65. The van der Waals surface area contributed by atoms with Gasteiger partial charge in [-0.15, -0.1) is 24.8 Å². The molecule has 1 fully saturated rings.